The Bertz CT molecular complexity index is 1160. The first-order chi connectivity index (χ1) is 12.5. The fourth-order valence-electron chi connectivity index (χ4n) is 2.53. The van der Waals surface area contributed by atoms with Gasteiger partial charge in [0.05, 0.1) is 18.9 Å². The number of hydrogen-bond donors (Lipinski definition) is 0. The van der Waals surface area contributed by atoms with Crippen molar-refractivity contribution in [2.24, 2.45) is 14.1 Å². The largest absolute Gasteiger partial charge is 0.497 e. The van der Waals surface area contributed by atoms with Gasteiger partial charge in [-0.3, -0.25) is 13.9 Å². The summed E-state index contributed by atoms with van der Waals surface area (Å²) in [6.07, 6.45) is 0. The van der Waals surface area contributed by atoms with Gasteiger partial charge in [-0.05, 0) is 12.1 Å². The van der Waals surface area contributed by atoms with Crippen molar-refractivity contribution in [3.8, 4) is 23.2 Å². The summed E-state index contributed by atoms with van der Waals surface area (Å²) in [6.45, 7) is 0. The maximum Gasteiger partial charge on any atom is 0.332 e. The summed E-state index contributed by atoms with van der Waals surface area (Å²) in [7, 11) is 4.51. The monoisotopic (exact) mass is 369 g/mol. The Labute approximate surface area is 152 Å². The van der Waals surface area contributed by atoms with Gasteiger partial charge in [-0.1, -0.05) is 23.9 Å². The first kappa shape index (κ1) is 17.7. The fourth-order valence-corrected chi connectivity index (χ4v) is 3.20. The van der Waals surface area contributed by atoms with Crippen molar-refractivity contribution in [1.82, 2.24) is 19.1 Å². The first-order valence-electron chi connectivity index (χ1n) is 7.60. The topological polar surface area (TPSA) is 103 Å². The van der Waals surface area contributed by atoms with Crippen molar-refractivity contribution in [2.75, 3.05) is 12.9 Å². The summed E-state index contributed by atoms with van der Waals surface area (Å²) in [5.41, 5.74) is -0.0562. The molecule has 0 unspecified atom stereocenters. The number of nitrogens with zero attached hydrogens (tertiary/aromatic N) is 5. The maximum atomic E-state index is 12.6. The molecule has 0 fully saturated rings. The predicted molar refractivity (Wildman–Crippen MR) is 98.3 cm³/mol. The summed E-state index contributed by atoms with van der Waals surface area (Å²) in [5.74, 6) is 1.10. The van der Waals surface area contributed by atoms with Gasteiger partial charge in [0.1, 0.15) is 16.2 Å². The van der Waals surface area contributed by atoms with Gasteiger partial charge >= 0.3 is 5.69 Å². The Morgan fingerprint density at radius 2 is 2.00 bits per heavy atom. The van der Waals surface area contributed by atoms with E-state index >= 15 is 0 Å². The zero-order chi connectivity index (χ0) is 18.8. The molecule has 0 amide bonds. The van der Waals surface area contributed by atoms with Crippen LogP contribution in [0.3, 0.4) is 0 Å². The number of nitriles is 1. The molecule has 0 atom stereocenters. The van der Waals surface area contributed by atoms with Crippen molar-refractivity contribution in [2.45, 2.75) is 5.03 Å². The van der Waals surface area contributed by atoms with Crippen LogP contribution in [0.5, 0.6) is 5.75 Å². The molecule has 2 heterocycles. The van der Waals surface area contributed by atoms with Crippen LogP contribution in [-0.4, -0.2) is 32.0 Å². The highest BCUT2D eigenvalue weighted by molar-refractivity contribution is 7.99. The molecule has 9 heteroatoms. The second-order valence-electron chi connectivity index (χ2n) is 5.44. The Kier molecular flexibility index (Phi) is 4.77. The standard InChI is InChI=1S/C17H15N5O3S/c1-21-14-12(16(23)22(2)17(21)24)15(26-8-7-18)20-13(19-14)10-5-4-6-11(9-10)25-3/h4-6,9H,8H2,1-3H3. The predicted octanol–water partition coefficient (Wildman–Crippen LogP) is 1.32. The first-order valence-corrected chi connectivity index (χ1v) is 8.58. The molecule has 0 N–H and O–H groups in total. The minimum absolute atomic E-state index is 0.121. The Hall–Kier alpha value is -3.12. The van der Waals surface area contributed by atoms with Gasteiger partial charge in [0, 0.05) is 19.7 Å². The van der Waals surface area contributed by atoms with E-state index in [2.05, 4.69) is 9.97 Å². The smallest absolute Gasteiger partial charge is 0.332 e. The van der Waals surface area contributed by atoms with Crippen LogP contribution in [0.15, 0.2) is 38.9 Å². The lowest BCUT2D eigenvalue weighted by Crippen LogP contribution is -2.37. The van der Waals surface area contributed by atoms with Crippen molar-refractivity contribution >= 4 is 22.8 Å². The van der Waals surface area contributed by atoms with E-state index < -0.39 is 11.2 Å². The second-order valence-corrected chi connectivity index (χ2v) is 6.40. The molecule has 2 aromatic heterocycles. The van der Waals surface area contributed by atoms with E-state index in [-0.39, 0.29) is 16.8 Å². The number of methoxy groups -OCH3 is 1. The van der Waals surface area contributed by atoms with E-state index in [1.807, 2.05) is 12.1 Å². The van der Waals surface area contributed by atoms with E-state index in [1.54, 1.807) is 32.4 Å². The van der Waals surface area contributed by atoms with Crippen LogP contribution in [0.2, 0.25) is 0 Å². The van der Waals surface area contributed by atoms with Crippen molar-refractivity contribution in [3.05, 3.63) is 45.1 Å². The van der Waals surface area contributed by atoms with Crippen LogP contribution in [0.25, 0.3) is 22.4 Å². The lowest BCUT2D eigenvalue weighted by atomic mass is 10.2. The number of aromatic nitrogens is 4. The molecule has 0 aliphatic rings. The Morgan fingerprint density at radius 1 is 1.23 bits per heavy atom. The number of rotatable bonds is 4. The lowest BCUT2D eigenvalue weighted by Gasteiger charge is -2.11. The molecular formula is C17H15N5O3S. The normalized spacial score (nSPS) is 10.7. The highest BCUT2D eigenvalue weighted by Gasteiger charge is 2.18. The SMILES string of the molecule is COc1cccc(-c2nc(SCC#N)c3c(=O)n(C)c(=O)n(C)c3n2)c1. The third-order valence-corrected chi connectivity index (χ3v) is 4.71. The van der Waals surface area contributed by atoms with Crippen molar-refractivity contribution in [3.63, 3.8) is 0 Å². The van der Waals surface area contributed by atoms with Crippen LogP contribution in [0, 0.1) is 11.3 Å². The van der Waals surface area contributed by atoms with E-state index in [0.717, 1.165) is 16.3 Å². The van der Waals surface area contributed by atoms with Gasteiger partial charge in [-0.25, -0.2) is 14.8 Å². The molecule has 26 heavy (non-hydrogen) atoms. The molecule has 0 aliphatic heterocycles. The minimum Gasteiger partial charge on any atom is -0.497 e. The summed E-state index contributed by atoms with van der Waals surface area (Å²) >= 11 is 1.13. The van der Waals surface area contributed by atoms with Crippen LogP contribution < -0.4 is 16.0 Å². The average molecular weight is 369 g/mol. The number of benzene rings is 1. The van der Waals surface area contributed by atoms with E-state index in [0.29, 0.717) is 22.2 Å². The Morgan fingerprint density at radius 3 is 2.69 bits per heavy atom. The molecule has 1 aromatic carbocycles. The molecule has 3 aromatic rings. The summed E-state index contributed by atoms with van der Waals surface area (Å²) < 4.78 is 7.54. The molecule has 3 rings (SSSR count). The van der Waals surface area contributed by atoms with Crippen LogP contribution in [0.1, 0.15) is 0 Å². The van der Waals surface area contributed by atoms with Gasteiger partial charge in [0.15, 0.2) is 11.5 Å². The van der Waals surface area contributed by atoms with E-state index in [1.165, 1.54) is 11.6 Å². The molecule has 132 valence electrons. The van der Waals surface area contributed by atoms with Crippen LogP contribution >= 0.6 is 11.8 Å². The summed E-state index contributed by atoms with van der Waals surface area (Å²) in [6, 6.07) is 9.19. The number of ether oxygens (including phenoxy) is 1. The van der Waals surface area contributed by atoms with Crippen LogP contribution in [0.4, 0.5) is 0 Å². The highest BCUT2D eigenvalue weighted by atomic mass is 32.2. The molecule has 0 saturated carbocycles. The molecular weight excluding hydrogens is 354 g/mol. The quantitative estimate of drug-likeness (QED) is 0.505. The second kappa shape index (κ2) is 7.01. The molecule has 8 nitrogen and oxygen atoms in total. The Balaban J connectivity index is 2.38. The van der Waals surface area contributed by atoms with Crippen LogP contribution in [-0.2, 0) is 14.1 Å². The highest BCUT2D eigenvalue weighted by Crippen LogP contribution is 2.27. The molecule has 0 saturated heterocycles. The minimum atomic E-state index is -0.485. The zero-order valence-corrected chi connectivity index (χ0v) is 15.2. The number of aryl methyl sites for hydroxylation is 1. The van der Waals surface area contributed by atoms with E-state index in [4.69, 9.17) is 10.00 Å². The number of fused-ring (bicyclic) bond motifs is 1. The summed E-state index contributed by atoms with van der Waals surface area (Å²) in [5, 5.41) is 9.50. The number of thioether (sulfide) groups is 1. The average Bonchev–Trinajstić information content (AvgIpc) is 2.68. The van der Waals surface area contributed by atoms with Gasteiger partial charge < -0.3 is 4.74 Å². The van der Waals surface area contributed by atoms with Gasteiger partial charge in [-0.2, -0.15) is 5.26 Å². The lowest BCUT2D eigenvalue weighted by molar-refractivity contribution is 0.415. The van der Waals surface area contributed by atoms with E-state index in [9.17, 15) is 9.59 Å². The maximum absolute atomic E-state index is 12.6. The zero-order valence-electron chi connectivity index (χ0n) is 14.4. The molecule has 0 spiro atoms. The van der Waals surface area contributed by atoms with Gasteiger partial charge in [-0.15, -0.1) is 0 Å². The van der Waals surface area contributed by atoms with Crippen molar-refractivity contribution in [1.29, 1.82) is 5.26 Å². The van der Waals surface area contributed by atoms with Gasteiger partial charge in [0.25, 0.3) is 5.56 Å². The number of hydrogen-bond acceptors (Lipinski definition) is 7. The molecule has 0 bridgehead atoms. The van der Waals surface area contributed by atoms with Gasteiger partial charge in [0.2, 0.25) is 0 Å². The fraction of sp³-hybridized carbons (Fsp3) is 0.235. The van der Waals surface area contributed by atoms with Crippen molar-refractivity contribution < 1.29 is 4.74 Å². The third kappa shape index (κ3) is 2.95. The summed E-state index contributed by atoms with van der Waals surface area (Å²) in [4.78, 5) is 33.8. The third-order valence-electron chi connectivity index (χ3n) is 3.87. The molecule has 0 radical (unpaired) electrons. The molecule has 0 aliphatic carbocycles.